The summed E-state index contributed by atoms with van der Waals surface area (Å²) in [5, 5.41) is 15.3. The van der Waals surface area contributed by atoms with E-state index in [1.807, 2.05) is 0 Å². The maximum Gasteiger partial charge on any atom is 0.333 e. The Labute approximate surface area is 119 Å². The van der Waals surface area contributed by atoms with Crippen molar-refractivity contribution >= 4 is 11.5 Å². The predicted molar refractivity (Wildman–Crippen MR) is 78.5 cm³/mol. The van der Waals surface area contributed by atoms with E-state index in [0.717, 1.165) is 31.6 Å². The van der Waals surface area contributed by atoms with Crippen LogP contribution in [0.5, 0.6) is 0 Å². The smallest absolute Gasteiger partial charge is 0.333 e. The second-order valence-electron chi connectivity index (χ2n) is 6.19. The molecule has 0 saturated heterocycles. The van der Waals surface area contributed by atoms with Crippen LogP contribution in [0.3, 0.4) is 0 Å². The van der Waals surface area contributed by atoms with E-state index in [1.54, 1.807) is 11.6 Å². The summed E-state index contributed by atoms with van der Waals surface area (Å²) in [5.41, 5.74) is 6.32. The monoisotopic (exact) mass is 280 g/mol. The van der Waals surface area contributed by atoms with Gasteiger partial charge in [-0.2, -0.15) is 5.10 Å². The third-order valence-corrected chi connectivity index (χ3v) is 4.54. The Morgan fingerprint density at radius 3 is 2.60 bits per heavy atom. The van der Waals surface area contributed by atoms with E-state index in [1.165, 1.54) is 6.42 Å². The van der Waals surface area contributed by atoms with Crippen LogP contribution in [0.15, 0.2) is 0 Å². The predicted octanol–water partition coefficient (Wildman–Crippen LogP) is 3.46. The fourth-order valence-electron chi connectivity index (χ4n) is 3.28. The lowest BCUT2D eigenvalue weighted by Crippen LogP contribution is -2.13. The average Bonchev–Trinajstić information content (AvgIpc) is 2.55. The van der Waals surface area contributed by atoms with Crippen LogP contribution in [0.4, 0.5) is 11.5 Å². The minimum atomic E-state index is -0.429. The van der Waals surface area contributed by atoms with Gasteiger partial charge >= 0.3 is 5.69 Å². The lowest BCUT2D eigenvalue weighted by atomic mass is 9.89. The summed E-state index contributed by atoms with van der Waals surface area (Å²) in [7, 11) is 0. The van der Waals surface area contributed by atoms with Gasteiger partial charge in [0, 0.05) is 0 Å². The zero-order valence-electron chi connectivity index (χ0n) is 12.5. The highest BCUT2D eigenvalue weighted by molar-refractivity contribution is 5.56. The van der Waals surface area contributed by atoms with E-state index in [2.05, 4.69) is 18.9 Å². The average molecular weight is 280 g/mol. The summed E-state index contributed by atoms with van der Waals surface area (Å²) in [5.74, 6) is 1.65. The van der Waals surface area contributed by atoms with Crippen molar-refractivity contribution in [2.24, 2.45) is 11.8 Å². The van der Waals surface area contributed by atoms with Crippen LogP contribution in [-0.4, -0.2) is 14.7 Å². The molecule has 2 unspecified atom stereocenters. The minimum absolute atomic E-state index is 0.0327. The highest BCUT2D eigenvalue weighted by Crippen LogP contribution is 2.37. The number of nitrogens with zero attached hydrogens (tertiary/aromatic N) is 3. The number of aromatic nitrogens is 2. The van der Waals surface area contributed by atoms with Gasteiger partial charge in [-0.05, 0) is 38.0 Å². The Kier molecular flexibility index (Phi) is 4.30. The van der Waals surface area contributed by atoms with Crippen molar-refractivity contribution in [1.82, 2.24) is 9.78 Å². The Morgan fingerprint density at radius 1 is 1.35 bits per heavy atom. The summed E-state index contributed by atoms with van der Waals surface area (Å²) in [6.45, 7) is 6.18. The van der Waals surface area contributed by atoms with Gasteiger partial charge < -0.3 is 5.73 Å². The van der Waals surface area contributed by atoms with Crippen molar-refractivity contribution in [3.8, 4) is 0 Å². The standard InChI is InChI=1S/C14H24N4O2/c1-9(2)11-5-4-6-12(8-7-11)17-14(15)13(18(19)20)10(3)16-17/h9,11-12H,4-8,15H2,1-3H3. The van der Waals surface area contributed by atoms with Crippen molar-refractivity contribution in [3.05, 3.63) is 15.8 Å². The molecule has 2 rings (SSSR count). The van der Waals surface area contributed by atoms with E-state index in [0.29, 0.717) is 11.6 Å². The summed E-state index contributed by atoms with van der Waals surface area (Å²) >= 11 is 0. The molecule has 6 nitrogen and oxygen atoms in total. The summed E-state index contributed by atoms with van der Waals surface area (Å²) < 4.78 is 1.69. The topological polar surface area (TPSA) is 87.0 Å². The molecule has 0 spiro atoms. The summed E-state index contributed by atoms with van der Waals surface area (Å²) in [6.07, 6.45) is 5.53. The highest BCUT2D eigenvalue weighted by Gasteiger charge is 2.29. The van der Waals surface area contributed by atoms with E-state index in [4.69, 9.17) is 5.73 Å². The fraction of sp³-hybridized carbons (Fsp3) is 0.786. The molecule has 0 aromatic carbocycles. The number of anilines is 1. The third-order valence-electron chi connectivity index (χ3n) is 4.54. The van der Waals surface area contributed by atoms with Crippen molar-refractivity contribution in [3.63, 3.8) is 0 Å². The van der Waals surface area contributed by atoms with Gasteiger partial charge in [0.2, 0.25) is 5.82 Å². The zero-order chi connectivity index (χ0) is 14.9. The van der Waals surface area contributed by atoms with E-state index >= 15 is 0 Å². The molecule has 1 fully saturated rings. The summed E-state index contributed by atoms with van der Waals surface area (Å²) in [6, 6.07) is 0.200. The Hall–Kier alpha value is -1.59. The molecule has 2 N–H and O–H groups in total. The Morgan fingerprint density at radius 2 is 2.05 bits per heavy atom. The molecular weight excluding hydrogens is 256 g/mol. The van der Waals surface area contributed by atoms with Crippen LogP contribution in [0.25, 0.3) is 0 Å². The maximum absolute atomic E-state index is 11.0. The lowest BCUT2D eigenvalue weighted by Gasteiger charge is -2.19. The molecule has 0 bridgehead atoms. The third kappa shape index (κ3) is 2.78. The SMILES string of the molecule is Cc1nn(C2CCCC(C(C)C)CC2)c(N)c1[N+](=O)[O-]. The molecular formula is C14H24N4O2. The number of hydrogen-bond acceptors (Lipinski definition) is 4. The van der Waals surface area contributed by atoms with Gasteiger partial charge in [0.1, 0.15) is 5.69 Å². The molecule has 6 heteroatoms. The molecule has 0 aliphatic heterocycles. The first-order valence-electron chi connectivity index (χ1n) is 7.40. The van der Waals surface area contributed by atoms with Crippen LogP contribution in [0.2, 0.25) is 0 Å². The molecule has 1 aliphatic carbocycles. The van der Waals surface area contributed by atoms with Crippen LogP contribution < -0.4 is 5.73 Å². The molecule has 1 aromatic rings. The second-order valence-corrected chi connectivity index (χ2v) is 6.19. The first kappa shape index (κ1) is 14.8. The molecule has 1 aromatic heterocycles. The van der Waals surface area contributed by atoms with Crippen molar-refractivity contribution in [1.29, 1.82) is 0 Å². The second kappa shape index (κ2) is 5.81. The largest absolute Gasteiger partial charge is 0.378 e. The molecule has 0 amide bonds. The Balaban J connectivity index is 2.20. The highest BCUT2D eigenvalue weighted by atomic mass is 16.6. The van der Waals surface area contributed by atoms with E-state index < -0.39 is 4.92 Å². The zero-order valence-corrected chi connectivity index (χ0v) is 12.5. The molecule has 2 atom stereocenters. The number of rotatable bonds is 3. The minimum Gasteiger partial charge on any atom is -0.378 e. The Bertz CT molecular complexity index is 496. The molecule has 1 heterocycles. The van der Waals surface area contributed by atoms with Crippen LogP contribution >= 0.6 is 0 Å². The fourth-order valence-corrected chi connectivity index (χ4v) is 3.28. The normalized spacial score (nSPS) is 23.8. The van der Waals surface area contributed by atoms with Gasteiger partial charge in [0.05, 0.1) is 11.0 Å². The van der Waals surface area contributed by atoms with Crippen LogP contribution in [0.1, 0.15) is 57.7 Å². The number of hydrogen-bond donors (Lipinski definition) is 1. The number of nitro groups is 1. The molecule has 1 saturated carbocycles. The van der Waals surface area contributed by atoms with Crippen molar-refractivity contribution < 1.29 is 4.92 Å². The van der Waals surface area contributed by atoms with Crippen LogP contribution in [0, 0.1) is 28.9 Å². The van der Waals surface area contributed by atoms with E-state index in [9.17, 15) is 10.1 Å². The number of aryl methyl sites for hydroxylation is 1. The summed E-state index contributed by atoms with van der Waals surface area (Å²) in [4.78, 5) is 10.6. The first-order valence-corrected chi connectivity index (χ1v) is 7.40. The van der Waals surface area contributed by atoms with Gasteiger partial charge in [-0.25, -0.2) is 4.68 Å². The van der Waals surface area contributed by atoms with Gasteiger partial charge in [-0.15, -0.1) is 0 Å². The maximum atomic E-state index is 11.0. The van der Waals surface area contributed by atoms with Crippen molar-refractivity contribution in [2.75, 3.05) is 5.73 Å². The quantitative estimate of drug-likeness (QED) is 0.522. The number of nitrogens with two attached hydrogens (primary N) is 1. The van der Waals surface area contributed by atoms with Gasteiger partial charge in [-0.1, -0.05) is 26.7 Å². The molecule has 0 radical (unpaired) electrons. The molecule has 112 valence electrons. The van der Waals surface area contributed by atoms with Crippen LogP contribution in [-0.2, 0) is 0 Å². The van der Waals surface area contributed by atoms with Gasteiger partial charge in [0.25, 0.3) is 0 Å². The molecule has 20 heavy (non-hydrogen) atoms. The van der Waals surface area contributed by atoms with Crippen molar-refractivity contribution in [2.45, 2.75) is 58.9 Å². The number of nitrogen functional groups attached to an aromatic ring is 1. The van der Waals surface area contributed by atoms with Gasteiger partial charge in [0.15, 0.2) is 0 Å². The van der Waals surface area contributed by atoms with E-state index in [-0.39, 0.29) is 17.5 Å². The lowest BCUT2D eigenvalue weighted by molar-refractivity contribution is -0.384. The molecule has 1 aliphatic rings. The first-order chi connectivity index (χ1) is 9.41. The van der Waals surface area contributed by atoms with Gasteiger partial charge in [-0.3, -0.25) is 10.1 Å².